The quantitative estimate of drug-likeness (QED) is 0.0238. The Morgan fingerprint density at radius 3 is 1.25 bits per heavy atom. The number of ether oxygens (including phenoxy) is 1. The summed E-state index contributed by atoms with van der Waals surface area (Å²) in [7, 11) is -4.43. The van der Waals surface area contributed by atoms with Crippen LogP contribution in [-0.2, 0) is 27.9 Å². The third-order valence-electron chi connectivity index (χ3n) is 11.1. The summed E-state index contributed by atoms with van der Waals surface area (Å²) < 4.78 is 27.0. The average Bonchev–Trinajstić information content (AvgIpc) is 3.29. The molecule has 0 aromatic heterocycles. The van der Waals surface area contributed by atoms with Gasteiger partial charge in [0.05, 0.1) is 13.2 Å². The molecule has 0 aliphatic carbocycles. The Balaban J connectivity index is 3.58. The van der Waals surface area contributed by atoms with Crippen molar-refractivity contribution < 1.29 is 37.9 Å². The van der Waals surface area contributed by atoms with Gasteiger partial charge in [-0.05, 0) is 89.9 Å². The van der Waals surface area contributed by atoms with Crippen molar-refractivity contribution in [1.29, 1.82) is 0 Å². The number of aliphatic hydroxyl groups is 1. The lowest BCUT2D eigenvalue weighted by molar-refractivity contribution is -0.147. The maximum absolute atomic E-state index is 12.2. The first kappa shape index (κ1) is 62.4. The summed E-state index contributed by atoms with van der Waals surface area (Å²) in [6, 6.07) is 0. The van der Waals surface area contributed by atoms with Crippen LogP contribution >= 0.6 is 7.82 Å². The molecule has 0 aliphatic rings. The van der Waals surface area contributed by atoms with E-state index in [0.29, 0.717) is 6.42 Å². The Labute approximate surface area is 399 Å². The monoisotopic (exact) mass is 932 g/mol. The third-order valence-corrected chi connectivity index (χ3v) is 12.1. The maximum atomic E-state index is 12.2. The van der Waals surface area contributed by atoms with Crippen molar-refractivity contribution in [2.75, 3.05) is 26.4 Å². The SMILES string of the molecule is CCCCC/C=C\C/C=C\C/C=C\CCCCCCCCCCCCC(=O)NCCOP(=O)(O)OCC(O)COC(=O)CCCCCCCCCC/C=C\C/C=C\C/C=C\CCCCC. The van der Waals surface area contributed by atoms with Crippen LogP contribution < -0.4 is 5.32 Å². The van der Waals surface area contributed by atoms with Gasteiger partial charge in [0.25, 0.3) is 0 Å². The topological polar surface area (TPSA) is 131 Å². The second-order valence-electron chi connectivity index (χ2n) is 17.5. The molecule has 0 fully saturated rings. The van der Waals surface area contributed by atoms with Crippen LogP contribution in [0.3, 0.4) is 0 Å². The van der Waals surface area contributed by atoms with Crippen molar-refractivity contribution in [2.45, 2.75) is 238 Å². The molecule has 0 aromatic carbocycles. The first-order valence-electron chi connectivity index (χ1n) is 26.4. The van der Waals surface area contributed by atoms with Crippen LogP contribution in [0.1, 0.15) is 232 Å². The molecule has 0 bridgehead atoms. The van der Waals surface area contributed by atoms with Gasteiger partial charge in [-0.3, -0.25) is 18.6 Å². The number of hydrogen-bond donors (Lipinski definition) is 3. The van der Waals surface area contributed by atoms with E-state index in [1.165, 1.54) is 128 Å². The van der Waals surface area contributed by atoms with E-state index in [-0.39, 0.29) is 32.1 Å². The predicted molar refractivity (Wildman–Crippen MR) is 275 cm³/mol. The van der Waals surface area contributed by atoms with Gasteiger partial charge in [-0.2, -0.15) is 0 Å². The molecule has 376 valence electrons. The molecule has 10 heteroatoms. The minimum atomic E-state index is -4.43. The minimum Gasteiger partial charge on any atom is -0.463 e. The highest BCUT2D eigenvalue weighted by Crippen LogP contribution is 2.42. The summed E-state index contributed by atoms with van der Waals surface area (Å²) in [5, 5.41) is 12.8. The zero-order chi connectivity index (χ0) is 47.4. The summed E-state index contributed by atoms with van der Waals surface area (Å²) in [6.07, 6.45) is 64.0. The molecule has 1 amide bonds. The number of carbonyl (C=O) groups is 2. The van der Waals surface area contributed by atoms with Gasteiger partial charge in [0.15, 0.2) is 0 Å². The Bertz CT molecular complexity index is 1290. The van der Waals surface area contributed by atoms with Crippen molar-refractivity contribution in [1.82, 2.24) is 5.32 Å². The molecular weight excluding hydrogens is 834 g/mol. The molecule has 2 unspecified atom stereocenters. The van der Waals surface area contributed by atoms with Crippen molar-refractivity contribution in [3.05, 3.63) is 72.9 Å². The molecule has 0 saturated carbocycles. The van der Waals surface area contributed by atoms with Crippen LogP contribution in [0.15, 0.2) is 72.9 Å². The van der Waals surface area contributed by atoms with Crippen LogP contribution in [0.2, 0.25) is 0 Å². The van der Waals surface area contributed by atoms with Gasteiger partial charge < -0.3 is 20.1 Å². The second kappa shape index (κ2) is 50.9. The smallest absolute Gasteiger partial charge is 0.463 e. The van der Waals surface area contributed by atoms with Crippen LogP contribution in [0, 0.1) is 0 Å². The standard InChI is InChI=1S/C55H98NO8P/c1-3-5-7-9-11-13-15-17-19-21-23-25-26-28-29-31-33-35-37-39-41-43-45-47-54(58)56-49-50-63-65(60,61)64-52-53(57)51-62-55(59)48-46-44-42-40-38-36-34-32-30-27-24-22-20-18-16-14-12-10-8-6-4-2/h11-14,17-20,23-25,27,53,57H,3-10,15-16,21-22,26,28-52H2,1-2H3,(H,56,58)(H,60,61)/b13-11-,14-12-,19-17-,20-18-,25-23-,27-24-. The summed E-state index contributed by atoms with van der Waals surface area (Å²) in [4.78, 5) is 34.1. The lowest BCUT2D eigenvalue weighted by atomic mass is 10.0. The second-order valence-corrected chi connectivity index (χ2v) is 18.9. The summed E-state index contributed by atoms with van der Waals surface area (Å²) in [5.74, 6) is -0.527. The van der Waals surface area contributed by atoms with Crippen molar-refractivity contribution in [3.8, 4) is 0 Å². The first-order valence-corrected chi connectivity index (χ1v) is 27.9. The van der Waals surface area contributed by atoms with Crippen molar-refractivity contribution in [2.24, 2.45) is 0 Å². The number of carbonyl (C=O) groups excluding carboxylic acids is 2. The van der Waals surface area contributed by atoms with E-state index in [1.54, 1.807) is 0 Å². The van der Waals surface area contributed by atoms with E-state index in [9.17, 15) is 24.2 Å². The van der Waals surface area contributed by atoms with E-state index in [4.69, 9.17) is 13.8 Å². The lowest BCUT2D eigenvalue weighted by Crippen LogP contribution is -2.27. The third kappa shape index (κ3) is 52.3. The van der Waals surface area contributed by atoms with Gasteiger partial charge in [0.1, 0.15) is 12.7 Å². The average molecular weight is 932 g/mol. The molecule has 2 atom stereocenters. The summed E-state index contributed by atoms with van der Waals surface area (Å²) in [5.41, 5.74) is 0. The van der Waals surface area contributed by atoms with Gasteiger partial charge in [0.2, 0.25) is 5.91 Å². The van der Waals surface area contributed by atoms with Gasteiger partial charge in [-0.15, -0.1) is 0 Å². The molecule has 0 rings (SSSR count). The Kier molecular flexibility index (Phi) is 48.9. The summed E-state index contributed by atoms with van der Waals surface area (Å²) >= 11 is 0. The normalized spacial score (nSPS) is 13.7. The highest BCUT2D eigenvalue weighted by molar-refractivity contribution is 7.47. The number of aliphatic hydroxyl groups excluding tert-OH is 1. The number of amides is 1. The fourth-order valence-electron chi connectivity index (χ4n) is 7.10. The fraction of sp³-hybridized carbons (Fsp3) is 0.745. The van der Waals surface area contributed by atoms with Gasteiger partial charge >= 0.3 is 13.8 Å². The van der Waals surface area contributed by atoms with Gasteiger partial charge in [-0.25, -0.2) is 4.57 Å². The zero-order valence-corrected chi connectivity index (χ0v) is 42.6. The van der Waals surface area contributed by atoms with Crippen molar-refractivity contribution >= 4 is 19.7 Å². The molecule has 3 N–H and O–H groups in total. The number of phosphoric acid groups is 1. The molecule has 0 spiro atoms. The van der Waals surface area contributed by atoms with E-state index in [2.05, 4.69) is 92.1 Å². The van der Waals surface area contributed by atoms with Crippen LogP contribution in [0.4, 0.5) is 0 Å². The number of rotatable bonds is 49. The van der Waals surface area contributed by atoms with E-state index in [1.807, 2.05) is 0 Å². The van der Waals surface area contributed by atoms with E-state index in [0.717, 1.165) is 77.0 Å². The lowest BCUT2D eigenvalue weighted by Gasteiger charge is -2.15. The minimum absolute atomic E-state index is 0.0756. The molecular formula is C55H98NO8P. The highest BCUT2D eigenvalue weighted by atomic mass is 31.2. The molecule has 9 nitrogen and oxygen atoms in total. The van der Waals surface area contributed by atoms with Gasteiger partial charge in [0, 0.05) is 19.4 Å². The number of allylic oxidation sites excluding steroid dienone is 12. The molecule has 0 aromatic rings. The van der Waals surface area contributed by atoms with Crippen LogP contribution in [0.5, 0.6) is 0 Å². The van der Waals surface area contributed by atoms with E-state index >= 15 is 0 Å². The molecule has 0 radical (unpaired) electrons. The number of unbranched alkanes of at least 4 members (excludes halogenated alkanes) is 24. The van der Waals surface area contributed by atoms with E-state index < -0.39 is 26.5 Å². The fourth-order valence-corrected chi connectivity index (χ4v) is 7.86. The van der Waals surface area contributed by atoms with Gasteiger partial charge in [-0.1, -0.05) is 202 Å². The zero-order valence-electron chi connectivity index (χ0n) is 41.7. The first-order chi connectivity index (χ1) is 31.8. The van der Waals surface area contributed by atoms with Crippen LogP contribution in [-0.4, -0.2) is 54.3 Å². The number of phosphoric ester groups is 1. The molecule has 65 heavy (non-hydrogen) atoms. The number of hydrogen-bond acceptors (Lipinski definition) is 7. The largest absolute Gasteiger partial charge is 0.472 e. The Morgan fingerprint density at radius 2 is 0.831 bits per heavy atom. The van der Waals surface area contributed by atoms with Crippen molar-refractivity contribution in [3.63, 3.8) is 0 Å². The molecule has 0 saturated heterocycles. The predicted octanol–water partition coefficient (Wildman–Crippen LogP) is 15.8. The maximum Gasteiger partial charge on any atom is 0.472 e. The Hall–Kier alpha value is -2.55. The Morgan fingerprint density at radius 1 is 0.477 bits per heavy atom. The highest BCUT2D eigenvalue weighted by Gasteiger charge is 2.23. The number of nitrogens with one attached hydrogen (secondary N) is 1. The summed E-state index contributed by atoms with van der Waals surface area (Å²) in [6.45, 7) is 3.50. The molecule has 0 heterocycles. The van der Waals surface area contributed by atoms with Crippen LogP contribution in [0.25, 0.3) is 0 Å². The molecule has 0 aliphatic heterocycles. The number of esters is 1.